The molecule has 0 spiro atoms. The normalized spacial score (nSPS) is 22.0. The van der Waals surface area contributed by atoms with E-state index in [4.69, 9.17) is 9.15 Å². The fraction of sp³-hybridized carbons (Fsp3) is 0.500. The van der Waals surface area contributed by atoms with E-state index < -0.39 is 0 Å². The van der Waals surface area contributed by atoms with Crippen LogP contribution in [0.25, 0.3) is 11.5 Å². The summed E-state index contributed by atoms with van der Waals surface area (Å²) in [5, 5.41) is 9.70. The molecule has 1 saturated carbocycles. The molecule has 0 radical (unpaired) electrons. The molecule has 1 N–H and O–H groups in total. The van der Waals surface area contributed by atoms with Crippen molar-refractivity contribution in [2.75, 3.05) is 0 Å². The van der Waals surface area contributed by atoms with Crippen molar-refractivity contribution in [1.29, 1.82) is 0 Å². The van der Waals surface area contributed by atoms with Gasteiger partial charge < -0.3 is 14.3 Å². The number of oxazole rings is 1. The van der Waals surface area contributed by atoms with Gasteiger partial charge in [0.05, 0.1) is 18.8 Å². The van der Waals surface area contributed by atoms with Crippen LogP contribution in [0.4, 0.5) is 0 Å². The Kier molecular flexibility index (Phi) is 4.60. The van der Waals surface area contributed by atoms with Gasteiger partial charge in [-0.05, 0) is 51.7 Å². The van der Waals surface area contributed by atoms with Crippen LogP contribution in [-0.2, 0) is 11.3 Å². The van der Waals surface area contributed by atoms with Crippen molar-refractivity contribution < 1.29 is 14.3 Å². The van der Waals surface area contributed by atoms with Gasteiger partial charge in [-0.1, -0.05) is 17.7 Å². The van der Waals surface area contributed by atoms with Crippen LogP contribution in [0.3, 0.4) is 0 Å². The zero-order chi connectivity index (χ0) is 15.5. The largest absolute Gasteiger partial charge is 0.441 e. The third-order valence-corrected chi connectivity index (χ3v) is 4.21. The number of rotatable bonds is 4. The van der Waals surface area contributed by atoms with Gasteiger partial charge in [0.1, 0.15) is 11.5 Å². The number of aromatic nitrogens is 1. The van der Waals surface area contributed by atoms with Crippen molar-refractivity contribution in [1.82, 2.24) is 4.98 Å². The smallest absolute Gasteiger partial charge is 0.226 e. The zero-order valence-electron chi connectivity index (χ0n) is 13.2. The molecule has 1 fully saturated rings. The van der Waals surface area contributed by atoms with Crippen molar-refractivity contribution in [2.24, 2.45) is 0 Å². The lowest BCUT2D eigenvalue weighted by atomic mass is 9.95. The van der Waals surface area contributed by atoms with E-state index >= 15 is 0 Å². The number of hydrogen-bond acceptors (Lipinski definition) is 4. The maximum absolute atomic E-state index is 9.70. The Bertz CT molecular complexity index is 635. The lowest BCUT2D eigenvalue weighted by molar-refractivity contribution is -0.0240. The van der Waals surface area contributed by atoms with Gasteiger partial charge in [0.25, 0.3) is 0 Å². The van der Waals surface area contributed by atoms with E-state index in [1.54, 1.807) is 0 Å². The molecular weight excluding hydrogens is 278 g/mol. The highest BCUT2D eigenvalue weighted by Gasteiger charge is 2.21. The molecule has 0 unspecified atom stereocenters. The van der Waals surface area contributed by atoms with Crippen LogP contribution in [0.15, 0.2) is 28.7 Å². The van der Waals surface area contributed by atoms with E-state index in [0.717, 1.165) is 42.7 Å². The first-order valence-electron chi connectivity index (χ1n) is 7.95. The van der Waals surface area contributed by atoms with Crippen LogP contribution in [0, 0.1) is 13.8 Å². The molecule has 2 atom stereocenters. The Morgan fingerprint density at radius 3 is 2.95 bits per heavy atom. The molecule has 3 rings (SSSR count). The Hall–Kier alpha value is -1.65. The SMILES string of the molecule is Cc1cccc(-c2nc(CO[C@H]3CCC[C@@H](O)C3)c(C)o2)c1. The van der Waals surface area contributed by atoms with E-state index in [9.17, 15) is 5.11 Å². The molecule has 22 heavy (non-hydrogen) atoms. The monoisotopic (exact) mass is 301 g/mol. The molecule has 1 aromatic heterocycles. The summed E-state index contributed by atoms with van der Waals surface area (Å²) in [4.78, 5) is 4.57. The standard InChI is InChI=1S/C18H23NO3/c1-12-5-3-6-14(9-12)18-19-17(13(2)22-18)11-21-16-8-4-7-15(20)10-16/h3,5-6,9,15-16,20H,4,7-8,10-11H2,1-2H3/t15-,16+/m1/s1. The number of nitrogens with zero attached hydrogens (tertiary/aromatic N) is 1. The minimum atomic E-state index is -0.222. The molecule has 4 nitrogen and oxygen atoms in total. The third-order valence-electron chi connectivity index (χ3n) is 4.21. The van der Waals surface area contributed by atoms with Crippen LogP contribution < -0.4 is 0 Å². The van der Waals surface area contributed by atoms with Gasteiger partial charge in [-0.3, -0.25) is 0 Å². The number of aryl methyl sites for hydroxylation is 2. The van der Waals surface area contributed by atoms with Crippen molar-refractivity contribution in [3.8, 4) is 11.5 Å². The van der Waals surface area contributed by atoms with Gasteiger partial charge in [0, 0.05) is 5.56 Å². The summed E-state index contributed by atoms with van der Waals surface area (Å²) < 4.78 is 11.7. The van der Waals surface area contributed by atoms with Crippen molar-refractivity contribution in [3.05, 3.63) is 41.3 Å². The first-order chi connectivity index (χ1) is 10.6. The van der Waals surface area contributed by atoms with Crippen molar-refractivity contribution in [3.63, 3.8) is 0 Å². The van der Waals surface area contributed by atoms with Crippen LogP contribution in [0.1, 0.15) is 42.7 Å². The van der Waals surface area contributed by atoms with Gasteiger partial charge in [-0.2, -0.15) is 0 Å². The fourth-order valence-corrected chi connectivity index (χ4v) is 2.93. The maximum atomic E-state index is 9.70. The molecule has 0 aliphatic heterocycles. The van der Waals surface area contributed by atoms with Crippen LogP contribution in [-0.4, -0.2) is 22.3 Å². The summed E-state index contributed by atoms with van der Waals surface area (Å²) in [5.74, 6) is 1.44. The second-order valence-corrected chi connectivity index (χ2v) is 6.14. The minimum absolute atomic E-state index is 0.127. The highest BCUT2D eigenvalue weighted by Crippen LogP contribution is 2.25. The Morgan fingerprint density at radius 2 is 2.18 bits per heavy atom. The summed E-state index contributed by atoms with van der Waals surface area (Å²) in [6.07, 6.45) is 3.56. The van der Waals surface area contributed by atoms with Crippen molar-refractivity contribution >= 4 is 0 Å². The fourth-order valence-electron chi connectivity index (χ4n) is 2.93. The molecule has 1 aliphatic rings. The Morgan fingerprint density at radius 1 is 1.32 bits per heavy atom. The predicted octanol–water partition coefficient (Wildman–Crippen LogP) is 3.78. The van der Waals surface area contributed by atoms with Crippen molar-refractivity contribution in [2.45, 2.75) is 58.3 Å². The molecule has 118 valence electrons. The number of benzene rings is 1. The highest BCUT2D eigenvalue weighted by molar-refractivity contribution is 5.54. The predicted molar refractivity (Wildman–Crippen MR) is 84.5 cm³/mol. The van der Waals surface area contributed by atoms with Crippen LogP contribution in [0.2, 0.25) is 0 Å². The van der Waals surface area contributed by atoms with E-state index in [1.165, 1.54) is 5.56 Å². The second-order valence-electron chi connectivity index (χ2n) is 6.14. The molecule has 2 aromatic rings. The number of hydrogen-bond donors (Lipinski definition) is 1. The molecule has 1 heterocycles. The van der Waals surface area contributed by atoms with E-state index in [-0.39, 0.29) is 12.2 Å². The topological polar surface area (TPSA) is 55.5 Å². The third kappa shape index (κ3) is 3.57. The first-order valence-corrected chi connectivity index (χ1v) is 7.95. The Labute approximate surface area is 131 Å². The van der Waals surface area contributed by atoms with Gasteiger partial charge >= 0.3 is 0 Å². The summed E-state index contributed by atoms with van der Waals surface area (Å²) in [5.41, 5.74) is 3.02. The average molecular weight is 301 g/mol. The highest BCUT2D eigenvalue weighted by atomic mass is 16.5. The van der Waals surface area contributed by atoms with Gasteiger partial charge in [-0.15, -0.1) is 0 Å². The molecule has 1 aliphatic carbocycles. The number of aliphatic hydroxyl groups is 1. The summed E-state index contributed by atoms with van der Waals surface area (Å²) >= 11 is 0. The molecule has 4 heteroatoms. The van der Waals surface area contributed by atoms with Crippen LogP contribution in [0.5, 0.6) is 0 Å². The molecule has 0 amide bonds. The summed E-state index contributed by atoms with van der Waals surface area (Å²) in [7, 11) is 0. The van der Waals surface area contributed by atoms with Crippen LogP contribution >= 0.6 is 0 Å². The number of ether oxygens (including phenoxy) is 1. The molecular formula is C18H23NO3. The van der Waals surface area contributed by atoms with E-state index in [1.807, 2.05) is 19.1 Å². The quantitative estimate of drug-likeness (QED) is 0.933. The molecule has 0 saturated heterocycles. The number of aliphatic hydroxyl groups excluding tert-OH is 1. The van der Waals surface area contributed by atoms with E-state index in [2.05, 4.69) is 24.0 Å². The molecule has 0 bridgehead atoms. The molecule has 1 aromatic carbocycles. The maximum Gasteiger partial charge on any atom is 0.226 e. The Balaban J connectivity index is 1.67. The summed E-state index contributed by atoms with van der Waals surface area (Å²) in [6, 6.07) is 8.12. The first kappa shape index (κ1) is 15.3. The zero-order valence-corrected chi connectivity index (χ0v) is 13.2. The second kappa shape index (κ2) is 6.63. The average Bonchev–Trinajstić information content (AvgIpc) is 2.86. The van der Waals surface area contributed by atoms with Gasteiger partial charge in [0.15, 0.2) is 0 Å². The lowest BCUT2D eigenvalue weighted by Crippen LogP contribution is -2.25. The summed E-state index contributed by atoms with van der Waals surface area (Å²) in [6.45, 7) is 4.41. The minimum Gasteiger partial charge on any atom is -0.441 e. The van der Waals surface area contributed by atoms with Gasteiger partial charge in [-0.25, -0.2) is 4.98 Å². The van der Waals surface area contributed by atoms with E-state index in [0.29, 0.717) is 12.5 Å². The van der Waals surface area contributed by atoms with Gasteiger partial charge in [0.2, 0.25) is 5.89 Å². The lowest BCUT2D eigenvalue weighted by Gasteiger charge is -2.25.